The highest BCUT2D eigenvalue weighted by atomic mass is 15.0. The second kappa shape index (κ2) is 27.7. The first kappa shape index (κ1) is 64.1. The van der Waals surface area contributed by atoms with Gasteiger partial charge in [-0.15, -0.1) is 0 Å². The zero-order valence-electron chi connectivity index (χ0n) is 57.7. The maximum atomic E-state index is 10.2. The molecule has 0 aliphatic rings. The van der Waals surface area contributed by atoms with Crippen LogP contribution in [0.4, 0.5) is 0 Å². The van der Waals surface area contributed by atoms with Gasteiger partial charge in [0.05, 0.1) is 68.4 Å². The number of hydrogen-bond donors (Lipinski definition) is 0. The van der Waals surface area contributed by atoms with Crippen molar-refractivity contribution in [3.63, 3.8) is 0 Å². The molecule has 0 aliphatic carbocycles. The highest BCUT2D eigenvalue weighted by Crippen LogP contribution is 2.42. The van der Waals surface area contributed by atoms with Gasteiger partial charge in [0.1, 0.15) is 0 Å². The summed E-state index contributed by atoms with van der Waals surface area (Å²) in [5, 5.41) is 38.6. The van der Waals surface area contributed by atoms with E-state index in [1.54, 1.807) is 6.07 Å². The summed E-state index contributed by atoms with van der Waals surface area (Å²) in [7, 11) is 0. The number of rotatable bonds is 11. The molecule has 0 N–H and O–H groups in total. The van der Waals surface area contributed by atoms with Crippen LogP contribution < -0.4 is 0 Å². The number of hydrogen-bond acceptors (Lipinski definition) is 7. The standard InChI is InChI=1S/C55H34N4.C44H26N4/c56-35-36-32-41(37-26-28-43(29-27-37)59-52-20-10-7-16-48(52)49-17-8-11-21-53(49)59)34-42(33-36)45-31-30-44(46-14-4-5-15-47(45)46)38-22-24-40(25-23-38)55-57-51-19-9-6-18-50(51)54(58-55)39-12-2-1-3-13-39;45-27-29-9-8-12-34(23-29)35-24-30(28-46)25-36(26-35)38-22-21-37(39-13-4-5-14-40(38)39)31-17-19-33(20-18-31)44-47-42-16-7-6-15-41(42)43(48-44)32-10-2-1-3-11-32/h1-34H;1-26H. The molecule has 496 valence electrons. The molecular weight excluding hydrogens is 1300 g/mol. The van der Waals surface area contributed by atoms with Crippen molar-refractivity contribution >= 4 is 65.2 Å². The summed E-state index contributed by atoms with van der Waals surface area (Å²) >= 11 is 0. The third-order valence-electron chi connectivity index (χ3n) is 20.2. The predicted octanol–water partition coefficient (Wildman–Crippen LogP) is 24.9. The molecule has 0 amide bonds. The molecule has 0 saturated carbocycles. The topological polar surface area (TPSA) is 128 Å². The van der Waals surface area contributed by atoms with Gasteiger partial charge in [-0.3, -0.25) is 0 Å². The first-order valence-electron chi connectivity index (χ1n) is 35.5. The zero-order chi connectivity index (χ0) is 71.7. The lowest BCUT2D eigenvalue weighted by atomic mass is 9.90. The van der Waals surface area contributed by atoms with E-state index in [-0.39, 0.29) is 0 Å². The Morgan fingerprint density at radius 1 is 0.206 bits per heavy atom. The van der Waals surface area contributed by atoms with Crippen LogP contribution in [0.15, 0.2) is 364 Å². The number of para-hydroxylation sites is 4. The number of nitriles is 3. The van der Waals surface area contributed by atoms with Crippen LogP contribution >= 0.6 is 0 Å². The van der Waals surface area contributed by atoms with Gasteiger partial charge in [-0.2, -0.15) is 15.8 Å². The molecule has 8 heteroatoms. The fourth-order valence-corrected chi connectivity index (χ4v) is 15.0. The fourth-order valence-electron chi connectivity index (χ4n) is 15.0. The molecule has 0 unspecified atom stereocenters. The van der Waals surface area contributed by atoms with Crippen LogP contribution in [0.25, 0.3) is 183 Å². The normalized spacial score (nSPS) is 11.1. The summed E-state index contributed by atoms with van der Waals surface area (Å²) in [4.78, 5) is 20.0. The van der Waals surface area contributed by atoms with Gasteiger partial charge in [-0.05, 0) is 173 Å². The molecule has 0 aliphatic heterocycles. The van der Waals surface area contributed by atoms with Crippen molar-refractivity contribution in [1.29, 1.82) is 15.8 Å². The van der Waals surface area contributed by atoms with Crippen molar-refractivity contribution < 1.29 is 0 Å². The van der Waals surface area contributed by atoms with E-state index in [0.717, 1.165) is 149 Å². The lowest BCUT2D eigenvalue weighted by Gasteiger charge is -2.14. The first-order valence-corrected chi connectivity index (χ1v) is 35.5. The molecule has 0 radical (unpaired) electrons. The van der Waals surface area contributed by atoms with Crippen molar-refractivity contribution in [3.05, 3.63) is 381 Å². The molecule has 3 heterocycles. The minimum atomic E-state index is 0.569. The Labute approximate surface area is 618 Å². The second-order valence-corrected chi connectivity index (χ2v) is 26.6. The fraction of sp³-hybridized carbons (Fsp3) is 0. The SMILES string of the molecule is N#Cc1cc(-c2ccc(-n3c4ccccc4c4ccccc43)cc2)cc(-c2ccc(-c3ccc(-c4nc(-c5ccccc5)c5ccccc5n4)cc3)c3ccccc23)c1.N#Cc1cccc(-c2cc(C#N)cc(-c3ccc(-c4ccc(-c5nc(-c6ccccc6)c6ccccc6n5)cc4)c4ccccc34)c2)c1. The van der Waals surface area contributed by atoms with E-state index in [9.17, 15) is 15.8 Å². The number of benzene rings is 16. The largest absolute Gasteiger partial charge is 0.309 e. The predicted molar refractivity (Wildman–Crippen MR) is 437 cm³/mol. The molecule has 19 rings (SSSR count). The molecule has 0 bridgehead atoms. The Bertz CT molecular complexity index is 6770. The van der Waals surface area contributed by atoms with Gasteiger partial charge in [-0.25, -0.2) is 19.9 Å². The lowest BCUT2D eigenvalue weighted by molar-refractivity contribution is 1.18. The van der Waals surface area contributed by atoms with Crippen LogP contribution in [0.1, 0.15) is 16.7 Å². The zero-order valence-corrected chi connectivity index (χ0v) is 57.7. The van der Waals surface area contributed by atoms with Gasteiger partial charge < -0.3 is 4.57 Å². The maximum Gasteiger partial charge on any atom is 0.160 e. The summed E-state index contributed by atoms with van der Waals surface area (Å²) < 4.78 is 2.33. The monoisotopic (exact) mass is 1360 g/mol. The van der Waals surface area contributed by atoms with Crippen molar-refractivity contribution in [2.45, 2.75) is 0 Å². The molecular formula is C99H60N8. The van der Waals surface area contributed by atoms with Crippen LogP contribution in [0.5, 0.6) is 0 Å². The average molecular weight is 1360 g/mol. The summed E-state index contributed by atoms with van der Waals surface area (Å²) in [5.41, 5.74) is 25.3. The van der Waals surface area contributed by atoms with Gasteiger partial charge in [0.15, 0.2) is 11.6 Å². The molecule has 107 heavy (non-hydrogen) atoms. The Balaban J connectivity index is 0.000000155. The molecule has 0 saturated heterocycles. The molecule has 16 aromatic carbocycles. The van der Waals surface area contributed by atoms with Crippen LogP contribution in [-0.4, -0.2) is 24.5 Å². The van der Waals surface area contributed by atoms with Gasteiger partial charge in [0.2, 0.25) is 0 Å². The van der Waals surface area contributed by atoms with Crippen molar-refractivity contribution in [3.8, 4) is 136 Å². The van der Waals surface area contributed by atoms with Gasteiger partial charge in [0.25, 0.3) is 0 Å². The number of fused-ring (bicyclic) bond motifs is 7. The van der Waals surface area contributed by atoms with E-state index >= 15 is 0 Å². The summed E-state index contributed by atoms with van der Waals surface area (Å²) in [6.45, 7) is 0. The van der Waals surface area contributed by atoms with E-state index in [1.165, 1.54) is 21.8 Å². The van der Waals surface area contributed by atoms with Crippen LogP contribution in [0, 0.1) is 34.0 Å². The Morgan fingerprint density at radius 3 is 0.963 bits per heavy atom. The average Bonchev–Trinajstić information content (AvgIpc) is 1.72. The van der Waals surface area contributed by atoms with E-state index in [1.807, 2.05) is 121 Å². The highest BCUT2D eigenvalue weighted by Gasteiger charge is 2.19. The Kier molecular flexibility index (Phi) is 16.6. The van der Waals surface area contributed by atoms with E-state index < -0.39 is 0 Å². The van der Waals surface area contributed by atoms with Crippen LogP contribution in [-0.2, 0) is 0 Å². The quantitative estimate of drug-likeness (QED) is 0.126. The second-order valence-electron chi connectivity index (χ2n) is 26.6. The highest BCUT2D eigenvalue weighted by molar-refractivity contribution is 6.10. The number of nitrogens with zero attached hydrogens (tertiary/aromatic N) is 8. The number of aromatic nitrogens is 5. The van der Waals surface area contributed by atoms with E-state index in [4.69, 9.17) is 19.9 Å². The van der Waals surface area contributed by atoms with Crippen LogP contribution in [0.2, 0.25) is 0 Å². The molecule has 0 fully saturated rings. The smallest absolute Gasteiger partial charge is 0.160 e. The third kappa shape index (κ3) is 12.2. The molecule has 0 atom stereocenters. The summed E-state index contributed by atoms with van der Waals surface area (Å²) in [5.74, 6) is 1.39. The van der Waals surface area contributed by atoms with Gasteiger partial charge in [-0.1, -0.05) is 279 Å². The van der Waals surface area contributed by atoms with Gasteiger partial charge >= 0.3 is 0 Å². The molecule has 8 nitrogen and oxygen atoms in total. The summed E-state index contributed by atoms with van der Waals surface area (Å²) in [6.07, 6.45) is 0. The van der Waals surface area contributed by atoms with E-state index in [0.29, 0.717) is 28.3 Å². The minimum Gasteiger partial charge on any atom is -0.309 e. The third-order valence-corrected chi connectivity index (χ3v) is 20.2. The minimum absolute atomic E-state index is 0.569. The Hall–Kier alpha value is -15.0. The first-order chi connectivity index (χ1) is 52.9. The van der Waals surface area contributed by atoms with Crippen LogP contribution in [0.3, 0.4) is 0 Å². The lowest BCUT2D eigenvalue weighted by Crippen LogP contribution is -1.95. The van der Waals surface area contributed by atoms with Crippen molar-refractivity contribution in [1.82, 2.24) is 24.5 Å². The van der Waals surface area contributed by atoms with Crippen molar-refractivity contribution in [2.75, 3.05) is 0 Å². The molecule has 3 aromatic heterocycles. The molecule has 0 spiro atoms. The maximum absolute atomic E-state index is 10.2. The Morgan fingerprint density at radius 2 is 0.533 bits per heavy atom. The summed E-state index contributed by atoms with van der Waals surface area (Å²) in [6, 6.07) is 132. The van der Waals surface area contributed by atoms with E-state index in [2.05, 4.69) is 259 Å². The van der Waals surface area contributed by atoms with Gasteiger partial charge in [0, 0.05) is 49.5 Å². The molecule has 19 aromatic rings. The van der Waals surface area contributed by atoms with Crippen molar-refractivity contribution in [2.24, 2.45) is 0 Å².